The van der Waals surface area contributed by atoms with E-state index in [1.54, 1.807) is 0 Å². The molecule has 1 aromatic rings. The Kier molecular flexibility index (Phi) is 6.72. The zero-order chi connectivity index (χ0) is 13.5. The average molecular weight is 313 g/mol. The van der Waals surface area contributed by atoms with Gasteiger partial charge in [0.2, 0.25) is 0 Å². The molecule has 0 heterocycles. The molecule has 0 aliphatic carbocycles. The largest absolute Gasteiger partial charge is 0.372 e. The van der Waals surface area contributed by atoms with Crippen molar-refractivity contribution in [1.29, 1.82) is 0 Å². The highest BCUT2D eigenvalue weighted by Gasteiger charge is 2.08. The summed E-state index contributed by atoms with van der Waals surface area (Å²) < 4.78 is 1.17. The van der Waals surface area contributed by atoms with Crippen LogP contribution in [0.2, 0.25) is 0 Å². The lowest BCUT2D eigenvalue weighted by Gasteiger charge is -2.24. The van der Waals surface area contributed by atoms with E-state index in [1.807, 2.05) is 6.92 Å². The van der Waals surface area contributed by atoms with Gasteiger partial charge in [0.25, 0.3) is 0 Å². The molecule has 1 unspecified atom stereocenters. The van der Waals surface area contributed by atoms with Gasteiger partial charge in [-0.1, -0.05) is 35.3 Å². The highest BCUT2D eigenvalue weighted by Crippen LogP contribution is 2.25. The first-order valence-electron chi connectivity index (χ1n) is 6.87. The predicted octanol–water partition coefficient (Wildman–Crippen LogP) is 3.97. The van der Waals surface area contributed by atoms with Gasteiger partial charge in [0.05, 0.1) is 0 Å². The molecule has 1 aromatic carbocycles. The van der Waals surface area contributed by atoms with Gasteiger partial charge in [0.15, 0.2) is 0 Å². The molecule has 102 valence electrons. The highest BCUT2D eigenvalue weighted by molar-refractivity contribution is 9.10. The van der Waals surface area contributed by atoms with E-state index in [9.17, 15) is 0 Å². The van der Waals surface area contributed by atoms with Gasteiger partial charge in [-0.25, -0.2) is 0 Å². The SMILES string of the molecule is CCCCN(CC)c1ccc(CC(C)N)c(Br)c1. The maximum Gasteiger partial charge on any atom is 0.0377 e. The third-order valence-electron chi connectivity index (χ3n) is 3.11. The van der Waals surface area contributed by atoms with Crippen LogP contribution in [0.1, 0.15) is 39.2 Å². The average Bonchev–Trinajstić information content (AvgIpc) is 2.33. The molecule has 0 radical (unpaired) electrons. The lowest BCUT2D eigenvalue weighted by molar-refractivity contribution is 0.727. The molecule has 0 aromatic heterocycles. The quantitative estimate of drug-likeness (QED) is 0.825. The van der Waals surface area contributed by atoms with Crippen LogP contribution >= 0.6 is 15.9 Å². The van der Waals surface area contributed by atoms with E-state index in [0.717, 1.165) is 19.5 Å². The Labute approximate surface area is 120 Å². The fraction of sp³-hybridized carbons (Fsp3) is 0.600. The van der Waals surface area contributed by atoms with Gasteiger partial charge in [0.1, 0.15) is 0 Å². The van der Waals surface area contributed by atoms with Crippen molar-refractivity contribution in [1.82, 2.24) is 0 Å². The molecule has 0 amide bonds. The Morgan fingerprint density at radius 2 is 2.06 bits per heavy atom. The molecular weight excluding hydrogens is 288 g/mol. The first-order valence-corrected chi connectivity index (χ1v) is 7.66. The molecule has 1 atom stereocenters. The summed E-state index contributed by atoms with van der Waals surface area (Å²) in [7, 11) is 0. The summed E-state index contributed by atoms with van der Waals surface area (Å²) in [5.74, 6) is 0. The first kappa shape index (κ1) is 15.5. The number of nitrogens with zero attached hydrogens (tertiary/aromatic N) is 1. The van der Waals surface area contributed by atoms with Gasteiger partial charge in [-0.3, -0.25) is 0 Å². The van der Waals surface area contributed by atoms with Crippen molar-refractivity contribution in [2.75, 3.05) is 18.0 Å². The minimum absolute atomic E-state index is 0.203. The lowest BCUT2D eigenvalue weighted by Crippen LogP contribution is -2.24. The van der Waals surface area contributed by atoms with E-state index in [1.165, 1.54) is 28.6 Å². The van der Waals surface area contributed by atoms with Crippen LogP contribution in [0.15, 0.2) is 22.7 Å². The fourth-order valence-corrected chi connectivity index (χ4v) is 2.59. The van der Waals surface area contributed by atoms with Crippen LogP contribution < -0.4 is 10.6 Å². The highest BCUT2D eigenvalue weighted by atomic mass is 79.9. The molecule has 0 saturated carbocycles. The molecule has 0 aliphatic rings. The molecule has 1 rings (SSSR count). The van der Waals surface area contributed by atoms with Crippen LogP contribution in [-0.2, 0) is 6.42 Å². The van der Waals surface area contributed by atoms with E-state index in [0.29, 0.717) is 0 Å². The van der Waals surface area contributed by atoms with Gasteiger partial charge in [-0.2, -0.15) is 0 Å². The van der Waals surface area contributed by atoms with Crippen LogP contribution in [0.25, 0.3) is 0 Å². The molecule has 18 heavy (non-hydrogen) atoms. The van der Waals surface area contributed by atoms with E-state index in [4.69, 9.17) is 5.73 Å². The van der Waals surface area contributed by atoms with E-state index < -0.39 is 0 Å². The molecule has 0 bridgehead atoms. The smallest absolute Gasteiger partial charge is 0.0377 e. The van der Waals surface area contributed by atoms with Crippen molar-refractivity contribution >= 4 is 21.6 Å². The van der Waals surface area contributed by atoms with E-state index in [-0.39, 0.29) is 6.04 Å². The molecule has 3 heteroatoms. The third kappa shape index (κ3) is 4.62. The number of rotatable bonds is 7. The Hall–Kier alpha value is -0.540. The number of hydrogen-bond acceptors (Lipinski definition) is 2. The Balaban J connectivity index is 2.81. The van der Waals surface area contributed by atoms with Crippen LogP contribution in [-0.4, -0.2) is 19.1 Å². The second-order valence-electron chi connectivity index (χ2n) is 4.89. The maximum absolute atomic E-state index is 5.85. The Morgan fingerprint density at radius 1 is 1.33 bits per heavy atom. The summed E-state index contributed by atoms with van der Waals surface area (Å²) in [6, 6.07) is 6.82. The third-order valence-corrected chi connectivity index (χ3v) is 3.85. The Bertz CT molecular complexity index is 364. The normalized spacial score (nSPS) is 12.5. The summed E-state index contributed by atoms with van der Waals surface area (Å²) in [6.45, 7) is 8.67. The van der Waals surface area contributed by atoms with Gasteiger partial charge in [0, 0.05) is 29.3 Å². The standard InChI is InChI=1S/C15H25BrN2/c1-4-6-9-18(5-2)14-8-7-13(10-12(3)17)15(16)11-14/h7-8,11-12H,4-6,9-10,17H2,1-3H3. The Morgan fingerprint density at radius 3 is 2.56 bits per heavy atom. The second kappa shape index (κ2) is 7.80. The summed E-state index contributed by atoms with van der Waals surface area (Å²) >= 11 is 3.66. The zero-order valence-electron chi connectivity index (χ0n) is 11.7. The monoisotopic (exact) mass is 312 g/mol. The lowest BCUT2D eigenvalue weighted by atomic mass is 10.1. The van der Waals surface area contributed by atoms with Gasteiger partial charge in [-0.15, -0.1) is 0 Å². The fourth-order valence-electron chi connectivity index (χ4n) is 2.06. The van der Waals surface area contributed by atoms with Crippen LogP contribution in [0.4, 0.5) is 5.69 Å². The first-order chi connectivity index (χ1) is 8.58. The molecule has 0 aliphatic heterocycles. The van der Waals surface area contributed by atoms with Crippen LogP contribution in [0, 0.1) is 0 Å². The minimum Gasteiger partial charge on any atom is -0.372 e. The number of hydrogen-bond donors (Lipinski definition) is 1. The molecular formula is C15H25BrN2. The number of unbranched alkanes of at least 4 members (excludes halogenated alkanes) is 1. The number of benzene rings is 1. The van der Waals surface area contributed by atoms with Crippen LogP contribution in [0.5, 0.6) is 0 Å². The van der Waals surface area contributed by atoms with Gasteiger partial charge < -0.3 is 10.6 Å². The maximum atomic E-state index is 5.85. The summed E-state index contributed by atoms with van der Waals surface area (Å²) in [5.41, 5.74) is 8.44. The van der Waals surface area contributed by atoms with Crippen molar-refractivity contribution in [2.24, 2.45) is 5.73 Å². The number of halogens is 1. The number of nitrogens with two attached hydrogens (primary N) is 1. The summed E-state index contributed by atoms with van der Waals surface area (Å²) in [5, 5.41) is 0. The van der Waals surface area contributed by atoms with Crippen molar-refractivity contribution in [3.8, 4) is 0 Å². The summed E-state index contributed by atoms with van der Waals surface area (Å²) in [4.78, 5) is 2.42. The van der Waals surface area contributed by atoms with Crippen molar-refractivity contribution in [3.05, 3.63) is 28.2 Å². The topological polar surface area (TPSA) is 29.3 Å². The molecule has 2 nitrogen and oxygen atoms in total. The van der Waals surface area contributed by atoms with Crippen molar-refractivity contribution in [3.63, 3.8) is 0 Å². The number of anilines is 1. The molecule has 0 saturated heterocycles. The molecule has 0 spiro atoms. The van der Waals surface area contributed by atoms with Crippen molar-refractivity contribution < 1.29 is 0 Å². The van der Waals surface area contributed by atoms with Crippen molar-refractivity contribution in [2.45, 2.75) is 46.1 Å². The van der Waals surface area contributed by atoms with E-state index >= 15 is 0 Å². The van der Waals surface area contributed by atoms with Gasteiger partial charge >= 0.3 is 0 Å². The predicted molar refractivity (Wildman–Crippen MR) is 84.3 cm³/mol. The molecule has 2 N–H and O–H groups in total. The second-order valence-corrected chi connectivity index (χ2v) is 5.74. The minimum atomic E-state index is 0.203. The van der Waals surface area contributed by atoms with E-state index in [2.05, 4.69) is 52.9 Å². The van der Waals surface area contributed by atoms with Gasteiger partial charge in [-0.05, 0) is 44.4 Å². The van der Waals surface area contributed by atoms with Crippen LogP contribution in [0.3, 0.4) is 0 Å². The molecule has 0 fully saturated rings. The zero-order valence-corrected chi connectivity index (χ0v) is 13.3. The summed E-state index contributed by atoms with van der Waals surface area (Å²) in [6.07, 6.45) is 3.40.